The number of esters is 1. The number of carbonyl (C=O) groups excluding carboxylic acids is 1. The van der Waals surface area contributed by atoms with Crippen molar-refractivity contribution < 1.29 is 22.7 Å². The number of alkyl halides is 3. The maximum Gasteiger partial charge on any atom is 0.435 e. The molecule has 1 heterocycles. The normalized spacial score (nSPS) is 11.4. The molecule has 1 rings (SSSR count). The van der Waals surface area contributed by atoms with Crippen LogP contribution in [0.25, 0.3) is 0 Å². The van der Waals surface area contributed by atoms with Gasteiger partial charge in [0.25, 0.3) is 0 Å². The van der Waals surface area contributed by atoms with Crippen molar-refractivity contribution in [2.24, 2.45) is 0 Å². The Bertz CT molecular complexity index is 332. The fourth-order valence-electron chi connectivity index (χ4n) is 0.798. The lowest BCUT2D eigenvalue weighted by atomic mass is 10.4. The second kappa shape index (κ2) is 3.69. The zero-order valence-corrected chi connectivity index (χ0v) is 7.21. The summed E-state index contributed by atoms with van der Waals surface area (Å²) in [6, 6.07) is 0.795. The van der Waals surface area contributed by atoms with Gasteiger partial charge in [0.15, 0.2) is 5.69 Å². The topological polar surface area (TPSA) is 44.1 Å². The minimum Gasteiger partial charge on any atom is -0.468 e. The van der Waals surface area contributed by atoms with Gasteiger partial charge in [-0.3, -0.25) is 9.48 Å². The summed E-state index contributed by atoms with van der Waals surface area (Å²) < 4.78 is 41.2. The van der Waals surface area contributed by atoms with E-state index in [4.69, 9.17) is 0 Å². The Hall–Kier alpha value is -1.53. The van der Waals surface area contributed by atoms with Crippen LogP contribution in [0, 0.1) is 0 Å². The van der Waals surface area contributed by atoms with E-state index in [1.54, 1.807) is 0 Å². The van der Waals surface area contributed by atoms with Crippen molar-refractivity contribution in [2.75, 3.05) is 7.11 Å². The van der Waals surface area contributed by atoms with Gasteiger partial charge in [-0.25, -0.2) is 0 Å². The number of hydrogen-bond donors (Lipinski definition) is 0. The number of rotatable bonds is 2. The number of hydrogen-bond acceptors (Lipinski definition) is 3. The third-order valence-electron chi connectivity index (χ3n) is 1.45. The summed E-state index contributed by atoms with van der Waals surface area (Å²) >= 11 is 0. The lowest BCUT2D eigenvalue weighted by Crippen LogP contribution is -2.13. The van der Waals surface area contributed by atoms with E-state index < -0.39 is 17.8 Å². The van der Waals surface area contributed by atoms with Crippen molar-refractivity contribution in [1.29, 1.82) is 0 Å². The van der Waals surface area contributed by atoms with Gasteiger partial charge in [0.1, 0.15) is 6.54 Å². The van der Waals surface area contributed by atoms with Gasteiger partial charge in [-0.05, 0) is 6.07 Å². The molecule has 0 spiro atoms. The van der Waals surface area contributed by atoms with E-state index in [0.717, 1.165) is 24.1 Å². The first-order chi connectivity index (χ1) is 6.43. The fourth-order valence-corrected chi connectivity index (χ4v) is 0.798. The third-order valence-corrected chi connectivity index (χ3v) is 1.45. The Labute approximate surface area is 77.3 Å². The average molecular weight is 208 g/mol. The summed E-state index contributed by atoms with van der Waals surface area (Å²) in [5.41, 5.74) is -1.03. The summed E-state index contributed by atoms with van der Waals surface area (Å²) in [7, 11) is 1.15. The molecule has 0 saturated heterocycles. The SMILES string of the molecule is COC(=O)Cn1ccc(C(F)(F)F)n1. The van der Waals surface area contributed by atoms with Crippen LogP contribution in [0.2, 0.25) is 0 Å². The largest absolute Gasteiger partial charge is 0.468 e. The van der Waals surface area contributed by atoms with Crippen molar-refractivity contribution in [2.45, 2.75) is 12.7 Å². The molecule has 1 aromatic rings. The van der Waals surface area contributed by atoms with Gasteiger partial charge in [0.2, 0.25) is 0 Å². The smallest absolute Gasteiger partial charge is 0.435 e. The Kier molecular flexibility index (Phi) is 2.78. The second-order valence-electron chi connectivity index (χ2n) is 2.47. The third kappa shape index (κ3) is 2.48. The first-order valence-electron chi connectivity index (χ1n) is 3.61. The number of carbonyl (C=O) groups is 1. The lowest BCUT2D eigenvalue weighted by Gasteiger charge is -2.01. The molecule has 0 saturated carbocycles. The number of ether oxygens (including phenoxy) is 1. The Morgan fingerprint density at radius 3 is 2.71 bits per heavy atom. The minimum atomic E-state index is -4.48. The molecule has 1 aromatic heterocycles. The van der Waals surface area contributed by atoms with Crippen molar-refractivity contribution in [3.05, 3.63) is 18.0 Å². The van der Waals surface area contributed by atoms with Crippen LogP contribution < -0.4 is 0 Å². The number of halogens is 3. The first-order valence-corrected chi connectivity index (χ1v) is 3.61. The van der Waals surface area contributed by atoms with Gasteiger partial charge in [0, 0.05) is 6.20 Å². The van der Waals surface area contributed by atoms with Gasteiger partial charge in [-0.2, -0.15) is 18.3 Å². The molecule has 0 aliphatic heterocycles. The molecule has 7 heteroatoms. The van der Waals surface area contributed by atoms with Crippen LogP contribution in [0.3, 0.4) is 0 Å². The summed E-state index contributed by atoms with van der Waals surface area (Å²) in [6.45, 7) is -0.327. The molecule has 78 valence electrons. The molecule has 0 fully saturated rings. The van der Waals surface area contributed by atoms with Crippen LogP contribution in [0.1, 0.15) is 5.69 Å². The van der Waals surface area contributed by atoms with E-state index in [1.807, 2.05) is 0 Å². The van der Waals surface area contributed by atoms with Gasteiger partial charge in [0.05, 0.1) is 7.11 Å². The van der Waals surface area contributed by atoms with Crippen LogP contribution in [0.4, 0.5) is 13.2 Å². The first kappa shape index (κ1) is 10.6. The molecule has 0 aliphatic carbocycles. The van der Waals surface area contributed by atoms with Crippen molar-refractivity contribution in [3.63, 3.8) is 0 Å². The molecule has 0 amide bonds. The Morgan fingerprint density at radius 1 is 1.64 bits per heavy atom. The molecule has 14 heavy (non-hydrogen) atoms. The maximum atomic E-state index is 12.0. The highest BCUT2D eigenvalue weighted by Gasteiger charge is 2.33. The summed E-state index contributed by atoms with van der Waals surface area (Å²) in [4.78, 5) is 10.7. The van der Waals surface area contributed by atoms with Gasteiger partial charge >= 0.3 is 12.1 Å². The van der Waals surface area contributed by atoms with Crippen LogP contribution in [0.15, 0.2) is 12.3 Å². The highest BCUT2D eigenvalue weighted by molar-refractivity contribution is 5.68. The van der Waals surface area contributed by atoms with Crippen molar-refractivity contribution in [3.8, 4) is 0 Å². The van der Waals surface area contributed by atoms with Crippen LogP contribution in [-0.4, -0.2) is 22.9 Å². The second-order valence-corrected chi connectivity index (χ2v) is 2.47. The maximum absolute atomic E-state index is 12.0. The molecular formula is C7H7F3N2O2. The van der Waals surface area contributed by atoms with E-state index >= 15 is 0 Å². The Morgan fingerprint density at radius 2 is 2.29 bits per heavy atom. The number of aromatic nitrogens is 2. The van der Waals surface area contributed by atoms with E-state index in [9.17, 15) is 18.0 Å². The molecular weight excluding hydrogens is 201 g/mol. The molecule has 0 unspecified atom stereocenters. The standard InChI is InChI=1S/C7H7F3N2O2/c1-14-6(13)4-12-3-2-5(11-12)7(8,9)10/h2-3H,4H2,1H3. The summed E-state index contributed by atoms with van der Waals surface area (Å²) in [5, 5.41) is 3.16. The zero-order valence-electron chi connectivity index (χ0n) is 7.21. The van der Waals surface area contributed by atoms with Crippen LogP contribution in [-0.2, 0) is 22.3 Å². The summed E-state index contributed by atoms with van der Waals surface area (Å²) in [5.74, 6) is -0.651. The molecule has 0 aliphatic rings. The van der Waals surface area contributed by atoms with E-state index in [2.05, 4.69) is 9.84 Å². The van der Waals surface area contributed by atoms with Gasteiger partial charge in [-0.15, -0.1) is 0 Å². The molecule has 0 atom stereocenters. The van der Waals surface area contributed by atoms with Crippen LogP contribution >= 0.6 is 0 Å². The number of nitrogens with zero attached hydrogens (tertiary/aromatic N) is 2. The zero-order chi connectivity index (χ0) is 10.8. The quantitative estimate of drug-likeness (QED) is 0.683. The van der Waals surface area contributed by atoms with Gasteiger partial charge in [-0.1, -0.05) is 0 Å². The van der Waals surface area contributed by atoms with E-state index in [1.165, 1.54) is 0 Å². The predicted octanol–water partition coefficient (Wildman–Crippen LogP) is 1.07. The van der Waals surface area contributed by atoms with Crippen LogP contribution in [0.5, 0.6) is 0 Å². The molecule has 0 N–H and O–H groups in total. The monoisotopic (exact) mass is 208 g/mol. The molecule has 4 nitrogen and oxygen atoms in total. The predicted molar refractivity (Wildman–Crippen MR) is 39.2 cm³/mol. The molecule has 0 radical (unpaired) electrons. The number of methoxy groups -OCH3 is 1. The lowest BCUT2D eigenvalue weighted by molar-refractivity contribution is -0.144. The fraction of sp³-hybridized carbons (Fsp3) is 0.429. The summed E-state index contributed by atoms with van der Waals surface area (Å²) in [6.07, 6.45) is -3.42. The van der Waals surface area contributed by atoms with Gasteiger partial charge < -0.3 is 4.74 Å². The van der Waals surface area contributed by atoms with Crippen molar-refractivity contribution in [1.82, 2.24) is 9.78 Å². The highest BCUT2D eigenvalue weighted by atomic mass is 19.4. The van der Waals surface area contributed by atoms with E-state index in [0.29, 0.717) is 0 Å². The van der Waals surface area contributed by atoms with Crippen molar-refractivity contribution >= 4 is 5.97 Å². The molecule has 0 aromatic carbocycles. The minimum absolute atomic E-state index is 0.327. The van der Waals surface area contributed by atoms with E-state index in [-0.39, 0.29) is 6.54 Å². The Balaban J connectivity index is 2.74. The average Bonchev–Trinajstić information content (AvgIpc) is 2.51. The highest BCUT2D eigenvalue weighted by Crippen LogP contribution is 2.27. The molecule has 0 bridgehead atoms.